The highest BCUT2D eigenvalue weighted by atomic mass is 16.6. The van der Waals surface area contributed by atoms with E-state index in [-0.39, 0.29) is 44.7 Å². The van der Waals surface area contributed by atoms with E-state index in [0.717, 1.165) is 27.3 Å². The summed E-state index contributed by atoms with van der Waals surface area (Å²) >= 11 is 0. The third-order valence-corrected chi connectivity index (χ3v) is 15.7. The number of amides is 8. The first-order valence-electron chi connectivity index (χ1n) is 27.4. The lowest BCUT2D eigenvalue weighted by atomic mass is 9.94. The predicted molar refractivity (Wildman–Crippen MR) is 292 cm³/mol. The van der Waals surface area contributed by atoms with Crippen molar-refractivity contribution in [3.8, 4) is 0 Å². The Hall–Kier alpha value is -6.37. The second kappa shape index (κ2) is 27.8. The highest BCUT2D eigenvalue weighted by Crippen LogP contribution is 2.26. The molecule has 4 rings (SSSR count). The maximum absolute atomic E-state index is 15.1. The number of rotatable bonds is 12. The first kappa shape index (κ1) is 63.2. The van der Waals surface area contributed by atoms with E-state index in [4.69, 9.17) is 4.74 Å². The molecule has 0 radical (unpaired) electrons. The van der Waals surface area contributed by atoms with Crippen molar-refractivity contribution in [2.75, 3.05) is 41.3 Å². The van der Waals surface area contributed by atoms with Crippen LogP contribution in [0.3, 0.4) is 0 Å². The van der Waals surface area contributed by atoms with Crippen LogP contribution in [-0.4, -0.2) is 178 Å². The zero-order valence-electron chi connectivity index (χ0n) is 48.3. The van der Waals surface area contributed by atoms with Crippen LogP contribution in [0, 0.1) is 23.7 Å². The minimum Gasteiger partial charge on any atom is -0.450 e. The first-order chi connectivity index (χ1) is 36.1. The maximum atomic E-state index is 15.1. The number of cyclic esters (lactones) is 1. The molecule has 2 heterocycles. The van der Waals surface area contributed by atoms with Gasteiger partial charge in [-0.15, -0.1) is 0 Å². The van der Waals surface area contributed by atoms with Gasteiger partial charge in [0.15, 0.2) is 12.1 Å². The van der Waals surface area contributed by atoms with E-state index in [9.17, 15) is 43.5 Å². The van der Waals surface area contributed by atoms with Gasteiger partial charge >= 0.3 is 5.97 Å². The van der Waals surface area contributed by atoms with Crippen molar-refractivity contribution in [1.82, 2.24) is 40.4 Å². The summed E-state index contributed by atoms with van der Waals surface area (Å²) in [7, 11) is 5.61. The van der Waals surface area contributed by atoms with Crippen LogP contribution in [0.5, 0.6) is 0 Å². The number of nitrogens with one attached hydrogen (secondary N) is 3. The molecule has 77 heavy (non-hydrogen) atoms. The average Bonchev–Trinajstić information content (AvgIpc) is 3.90. The predicted octanol–water partition coefficient (Wildman–Crippen LogP) is 3.52. The number of fused-ring (bicyclic) bond motifs is 2. The van der Waals surface area contributed by atoms with Crippen molar-refractivity contribution in [2.24, 2.45) is 23.7 Å². The summed E-state index contributed by atoms with van der Waals surface area (Å²) in [6, 6.07) is 7.97. The van der Waals surface area contributed by atoms with Gasteiger partial charge in [-0.25, -0.2) is 4.79 Å². The van der Waals surface area contributed by atoms with Crippen LogP contribution in [0.15, 0.2) is 54.6 Å². The van der Waals surface area contributed by atoms with Gasteiger partial charge in [0.25, 0.3) is 5.91 Å². The molecule has 2 bridgehead atoms. The second-order valence-electron chi connectivity index (χ2n) is 22.4. The Balaban J connectivity index is 1.88. The largest absolute Gasteiger partial charge is 0.450 e. The van der Waals surface area contributed by atoms with Crippen LogP contribution in [0.25, 0.3) is 0 Å². The second-order valence-corrected chi connectivity index (χ2v) is 22.4. The Bertz CT molecular complexity index is 2410. The van der Waals surface area contributed by atoms with E-state index in [2.05, 4.69) is 16.0 Å². The number of aliphatic hydroxyl groups is 1. The molecule has 19 heteroatoms. The average molecular weight is 1070 g/mol. The number of aryl methyl sites for hydroxylation is 1. The molecule has 0 aliphatic carbocycles. The molecule has 4 N–H and O–H groups in total. The third kappa shape index (κ3) is 16.1. The SMILES string of the molecule is CCc1cccc(CC2C(=O)N3CCC(C3)C(=O)NC(C(C)CC)C(=O)N(C)C(C)C(=O)NC(CC(C)C)C(=O)N(C)C(C(C)(C)O)C(=O)OC(C(C)CC)C(=O)N(C)C(C)C(=O)NC(Cc3ccccc3)C(=O)N2C)c1. The van der Waals surface area contributed by atoms with E-state index in [1.54, 1.807) is 43.0 Å². The van der Waals surface area contributed by atoms with Gasteiger partial charge in [0.1, 0.15) is 36.3 Å². The zero-order chi connectivity index (χ0) is 57.8. The van der Waals surface area contributed by atoms with E-state index in [0.29, 0.717) is 18.4 Å². The van der Waals surface area contributed by atoms with Gasteiger partial charge in [0, 0.05) is 60.0 Å². The molecule has 2 saturated heterocycles. The minimum atomic E-state index is -1.96. The van der Waals surface area contributed by atoms with E-state index < -0.39 is 125 Å². The van der Waals surface area contributed by atoms with Crippen LogP contribution >= 0.6 is 0 Å². The molecule has 19 nitrogen and oxygen atoms in total. The summed E-state index contributed by atoms with van der Waals surface area (Å²) in [5.41, 5.74) is 0.562. The fourth-order valence-corrected chi connectivity index (χ4v) is 9.92. The molecule has 0 spiro atoms. The number of hydrogen-bond donors (Lipinski definition) is 4. The van der Waals surface area contributed by atoms with Crippen LogP contribution in [0.1, 0.15) is 119 Å². The lowest BCUT2D eigenvalue weighted by Crippen LogP contribution is -2.62. The minimum absolute atomic E-state index is 0.00267. The Morgan fingerprint density at radius 3 is 1.73 bits per heavy atom. The normalized spacial score (nSPS) is 26.7. The van der Waals surface area contributed by atoms with Gasteiger partial charge in [0.2, 0.25) is 41.4 Å². The Morgan fingerprint density at radius 1 is 0.623 bits per heavy atom. The quantitative estimate of drug-likeness (QED) is 0.225. The number of likely N-dealkylation sites (N-methyl/N-ethyl adjacent to an activating group) is 4. The number of hydrogen-bond acceptors (Lipinski definition) is 11. The molecule has 0 aromatic heterocycles. The molecule has 2 aromatic rings. The molecule has 11 atom stereocenters. The molecule has 8 amide bonds. The van der Waals surface area contributed by atoms with Crippen molar-refractivity contribution in [2.45, 2.75) is 175 Å². The Morgan fingerprint density at radius 2 is 1.17 bits per heavy atom. The molecule has 11 unspecified atom stereocenters. The molecule has 0 saturated carbocycles. The van der Waals surface area contributed by atoms with E-state index in [1.165, 1.54) is 65.7 Å². The van der Waals surface area contributed by atoms with Gasteiger partial charge in [-0.2, -0.15) is 0 Å². The molecular weight excluding hydrogens is 985 g/mol. The number of ether oxygens (including phenoxy) is 1. The van der Waals surface area contributed by atoms with Gasteiger partial charge < -0.3 is 50.3 Å². The fourth-order valence-electron chi connectivity index (χ4n) is 9.92. The summed E-state index contributed by atoms with van der Waals surface area (Å²) in [6.07, 6.45) is 0.527. The number of esters is 1. The number of benzene rings is 2. The molecular formula is C58H88N8O11. The standard InChI is InChI=1S/C58H88N8O11/c1-16-35(6)46-55(73)62(12)37(8)49(67)59-43(29-34(4)5)53(71)65(15)48(58(10,11)76)57(75)77-47(36(7)17-2)56(74)63(13)38(9)50(68)60-44(31-40-23-20-19-21-24-40)52(70)64(14)45(32-41-26-22-25-39(18-3)30-41)54(72)66-28-27-42(33-66)51(69)61-46/h19-26,30,34-38,42-48,76H,16-18,27-29,31-33H2,1-15H3,(H,59,67)(H,60,68)(H,61,69). The summed E-state index contributed by atoms with van der Waals surface area (Å²) in [5, 5.41) is 20.2. The van der Waals surface area contributed by atoms with Crippen LogP contribution in [0.4, 0.5) is 0 Å². The van der Waals surface area contributed by atoms with Gasteiger partial charge in [-0.3, -0.25) is 38.4 Å². The lowest BCUT2D eigenvalue weighted by Gasteiger charge is -2.39. The third-order valence-electron chi connectivity index (χ3n) is 15.7. The molecule has 2 fully saturated rings. The topological polar surface area (TPSA) is 235 Å². The van der Waals surface area contributed by atoms with Gasteiger partial charge in [-0.05, 0) is 81.9 Å². The van der Waals surface area contributed by atoms with E-state index >= 15 is 4.79 Å². The smallest absolute Gasteiger partial charge is 0.332 e. The van der Waals surface area contributed by atoms with Gasteiger partial charge in [0.05, 0.1) is 11.5 Å². The number of nitrogens with zero attached hydrogens (tertiary/aromatic N) is 5. The molecule has 2 aromatic carbocycles. The summed E-state index contributed by atoms with van der Waals surface area (Å²) in [4.78, 5) is 137. The lowest BCUT2D eigenvalue weighted by molar-refractivity contribution is -0.177. The van der Waals surface area contributed by atoms with Crippen LogP contribution in [-0.2, 0) is 67.2 Å². The number of carbonyl (C=O) groups is 9. The van der Waals surface area contributed by atoms with E-state index in [1.807, 2.05) is 65.0 Å². The Kier molecular flexibility index (Phi) is 22.8. The molecule has 2 aliphatic heterocycles. The first-order valence-corrected chi connectivity index (χ1v) is 27.4. The van der Waals surface area contributed by atoms with Crippen molar-refractivity contribution < 1.29 is 53.0 Å². The monoisotopic (exact) mass is 1070 g/mol. The number of carbonyl (C=O) groups excluding carboxylic acids is 9. The van der Waals surface area contributed by atoms with Gasteiger partial charge in [-0.1, -0.05) is 109 Å². The molecule has 2 aliphatic rings. The highest BCUT2D eigenvalue weighted by molar-refractivity contribution is 5.97. The van der Waals surface area contributed by atoms with Crippen LogP contribution in [0.2, 0.25) is 0 Å². The highest BCUT2D eigenvalue weighted by Gasteiger charge is 2.46. The van der Waals surface area contributed by atoms with Crippen molar-refractivity contribution in [1.29, 1.82) is 0 Å². The van der Waals surface area contributed by atoms with Crippen molar-refractivity contribution in [3.63, 3.8) is 0 Å². The fraction of sp³-hybridized carbons (Fsp3) is 0.638. The van der Waals surface area contributed by atoms with Crippen LogP contribution < -0.4 is 16.0 Å². The Labute approximate surface area is 456 Å². The summed E-state index contributed by atoms with van der Waals surface area (Å²) in [6.45, 7) is 18.6. The zero-order valence-corrected chi connectivity index (χ0v) is 48.3. The van der Waals surface area contributed by atoms with Crippen molar-refractivity contribution >= 4 is 53.2 Å². The summed E-state index contributed by atoms with van der Waals surface area (Å²) < 4.78 is 6.00. The van der Waals surface area contributed by atoms with Crippen molar-refractivity contribution in [3.05, 3.63) is 71.3 Å². The summed E-state index contributed by atoms with van der Waals surface area (Å²) in [5.74, 6) is -7.98. The maximum Gasteiger partial charge on any atom is 0.332 e. The molecule has 426 valence electrons.